The van der Waals surface area contributed by atoms with Crippen molar-refractivity contribution < 1.29 is 0 Å². The molecule has 1 atom stereocenters. The van der Waals surface area contributed by atoms with Gasteiger partial charge >= 0.3 is 0 Å². The predicted octanol–water partition coefficient (Wildman–Crippen LogP) is 4.28. The van der Waals surface area contributed by atoms with Crippen LogP contribution in [0, 0.1) is 5.92 Å². The topological polar surface area (TPSA) is 30.9 Å². The zero-order chi connectivity index (χ0) is 14.5. The van der Waals surface area contributed by atoms with E-state index in [4.69, 9.17) is 5.73 Å². The first kappa shape index (κ1) is 13.7. The Labute approximate surface area is 122 Å². The lowest BCUT2D eigenvalue weighted by Crippen LogP contribution is -2.26. The van der Waals surface area contributed by atoms with Gasteiger partial charge in [0.25, 0.3) is 0 Å². The van der Waals surface area contributed by atoms with Crippen LogP contribution in [0.2, 0.25) is 0 Å². The van der Waals surface area contributed by atoms with Gasteiger partial charge in [-0.25, -0.2) is 0 Å². The van der Waals surface area contributed by atoms with Crippen molar-refractivity contribution in [1.29, 1.82) is 0 Å². The van der Waals surface area contributed by atoms with Crippen LogP contribution in [0.4, 0.5) is 0 Å². The molecular weight excluding hydrogens is 244 g/mol. The van der Waals surface area contributed by atoms with Gasteiger partial charge in [-0.1, -0.05) is 33.3 Å². The lowest BCUT2D eigenvalue weighted by molar-refractivity contribution is 0.265. The molecule has 0 radical (unpaired) electrons. The van der Waals surface area contributed by atoms with Crippen molar-refractivity contribution >= 4 is 10.9 Å². The zero-order valence-corrected chi connectivity index (χ0v) is 13.1. The normalized spacial score (nSPS) is 18.2. The molecule has 1 aliphatic carbocycles. The van der Waals surface area contributed by atoms with Gasteiger partial charge in [-0.05, 0) is 47.4 Å². The van der Waals surface area contributed by atoms with Crippen molar-refractivity contribution in [3.63, 3.8) is 0 Å². The molecule has 1 heterocycles. The molecule has 0 bridgehead atoms. The Hall–Kier alpha value is -1.28. The SMILES string of the molecule is Cn1cc(C(N)C2CCC2)c2cc(C(C)(C)C)ccc21. The van der Waals surface area contributed by atoms with Gasteiger partial charge < -0.3 is 10.3 Å². The Morgan fingerprint density at radius 1 is 1.25 bits per heavy atom. The fraction of sp³-hybridized carbons (Fsp3) is 0.556. The number of hydrogen-bond donors (Lipinski definition) is 1. The second-order valence-corrected chi connectivity index (χ2v) is 7.39. The minimum Gasteiger partial charge on any atom is -0.350 e. The standard InChI is InChI=1S/C18H26N2/c1-18(2,3)13-8-9-16-14(10-13)15(11-20(16)4)17(19)12-6-5-7-12/h8-12,17H,5-7,19H2,1-4H3. The summed E-state index contributed by atoms with van der Waals surface area (Å²) in [5.41, 5.74) is 10.7. The molecule has 0 amide bonds. The van der Waals surface area contributed by atoms with E-state index in [1.54, 1.807) is 0 Å². The molecule has 1 fully saturated rings. The van der Waals surface area contributed by atoms with Gasteiger partial charge in [-0.15, -0.1) is 0 Å². The average molecular weight is 270 g/mol. The second-order valence-electron chi connectivity index (χ2n) is 7.39. The molecule has 0 spiro atoms. The predicted molar refractivity (Wildman–Crippen MR) is 85.9 cm³/mol. The molecule has 2 nitrogen and oxygen atoms in total. The number of nitrogens with two attached hydrogens (primary N) is 1. The summed E-state index contributed by atoms with van der Waals surface area (Å²) in [6.45, 7) is 6.80. The molecule has 20 heavy (non-hydrogen) atoms. The van der Waals surface area contributed by atoms with E-state index in [1.807, 2.05) is 0 Å². The number of rotatable bonds is 2. The molecule has 2 aromatic rings. The summed E-state index contributed by atoms with van der Waals surface area (Å²) >= 11 is 0. The second kappa shape index (κ2) is 4.63. The molecule has 1 saturated carbocycles. The quantitative estimate of drug-likeness (QED) is 0.867. The van der Waals surface area contributed by atoms with Gasteiger partial charge in [-0.3, -0.25) is 0 Å². The Morgan fingerprint density at radius 3 is 2.50 bits per heavy atom. The van der Waals surface area contributed by atoms with Crippen LogP contribution in [0.15, 0.2) is 24.4 Å². The molecule has 2 heteroatoms. The molecule has 2 N–H and O–H groups in total. The van der Waals surface area contributed by atoms with Gasteiger partial charge in [0.05, 0.1) is 0 Å². The molecule has 0 aliphatic heterocycles. The van der Waals surface area contributed by atoms with Crippen LogP contribution in [0.1, 0.15) is 57.2 Å². The summed E-state index contributed by atoms with van der Waals surface area (Å²) in [6, 6.07) is 7.04. The number of aromatic nitrogens is 1. The first-order chi connectivity index (χ1) is 9.38. The largest absolute Gasteiger partial charge is 0.350 e. The van der Waals surface area contributed by atoms with Gasteiger partial charge in [0.1, 0.15) is 0 Å². The van der Waals surface area contributed by atoms with Crippen LogP contribution >= 0.6 is 0 Å². The van der Waals surface area contributed by atoms with Crippen LogP contribution < -0.4 is 5.73 Å². The van der Waals surface area contributed by atoms with Crippen LogP contribution in [0.3, 0.4) is 0 Å². The molecule has 3 rings (SSSR count). The van der Waals surface area contributed by atoms with E-state index in [0.717, 1.165) is 0 Å². The summed E-state index contributed by atoms with van der Waals surface area (Å²) in [7, 11) is 2.12. The lowest BCUT2D eigenvalue weighted by atomic mass is 9.77. The van der Waals surface area contributed by atoms with E-state index in [1.165, 1.54) is 41.3 Å². The van der Waals surface area contributed by atoms with E-state index in [2.05, 4.69) is 56.8 Å². The van der Waals surface area contributed by atoms with Crippen LogP contribution in [0.25, 0.3) is 10.9 Å². The Bertz CT molecular complexity index is 627. The molecule has 1 unspecified atom stereocenters. The Kier molecular flexibility index (Phi) is 3.17. The first-order valence-electron chi connectivity index (χ1n) is 7.73. The highest BCUT2D eigenvalue weighted by Crippen LogP contribution is 2.39. The molecule has 1 aromatic carbocycles. The maximum atomic E-state index is 6.53. The summed E-state index contributed by atoms with van der Waals surface area (Å²) in [5, 5.41) is 1.35. The van der Waals surface area contributed by atoms with Crippen LogP contribution in [0.5, 0.6) is 0 Å². The van der Waals surface area contributed by atoms with Crippen molar-refractivity contribution in [1.82, 2.24) is 4.57 Å². The Morgan fingerprint density at radius 2 is 1.95 bits per heavy atom. The van der Waals surface area contributed by atoms with E-state index in [-0.39, 0.29) is 11.5 Å². The van der Waals surface area contributed by atoms with Gasteiger partial charge in [0.2, 0.25) is 0 Å². The molecule has 1 aliphatic rings. The fourth-order valence-corrected chi connectivity index (χ4v) is 3.21. The summed E-state index contributed by atoms with van der Waals surface area (Å²) in [4.78, 5) is 0. The van der Waals surface area contributed by atoms with Gasteiger partial charge in [0, 0.05) is 30.2 Å². The van der Waals surface area contributed by atoms with E-state index in [0.29, 0.717) is 5.92 Å². The highest BCUT2D eigenvalue weighted by molar-refractivity contribution is 5.85. The molecule has 0 saturated heterocycles. The Balaban J connectivity index is 2.11. The summed E-state index contributed by atoms with van der Waals surface area (Å²) < 4.78 is 2.22. The van der Waals surface area contributed by atoms with Crippen molar-refractivity contribution in [2.45, 2.75) is 51.5 Å². The van der Waals surface area contributed by atoms with Crippen molar-refractivity contribution in [2.75, 3.05) is 0 Å². The lowest BCUT2D eigenvalue weighted by Gasteiger charge is -2.31. The maximum Gasteiger partial charge on any atom is 0.0481 e. The van der Waals surface area contributed by atoms with Crippen LogP contribution in [-0.2, 0) is 12.5 Å². The third-order valence-corrected chi connectivity index (χ3v) is 4.90. The third-order valence-electron chi connectivity index (χ3n) is 4.90. The van der Waals surface area contributed by atoms with E-state index < -0.39 is 0 Å². The smallest absolute Gasteiger partial charge is 0.0481 e. The summed E-state index contributed by atoms with van der Waals surface area (Å²) in [5.74, 6) is 0.680. The summed E-state index contributed by atoms with van der Waals surface area (Å²) in [6.07, 6.45) is 6.16. The monoisotopic (exact) mass is 270 g/mol. The van der Waals surface area contributed by atoms with Crippen LogP contribution in [-0.4, -0.2) is 4.57 Å². The fourth-order valence-electron chi connectivity index (χ4n) is 3.21. The maximum absolute atomic E-state index is 6.53. The van der Waals surface area contributed by atoms with Crippen molar-refractivity contribution in [3.8, 4) is 0 Å². The highest BCUT2D eigenvalue weighted by Gasteiger charge is 2.28. The number of hydrogen-bond acceptors (Lipinski definition) is 1. The van der Waals surface area contributed by atoms with E-state index >= 15 is 0 Å². The van der Waals surface area contributed by atoms with Gasteiger partial charge in [0.15, 0.2) is 0 Å². The van der Waals surface area contributed by atoms with Crippen molar-refractivity contribution in [3.05, 3.63) is 35.5 Å². The molecule has 108 valence electrons. The average Bonchev–Trinajstić information content (AvgIpc) is 2.63. The first-order valence-corrected chi connectivity index (χ1v) is 7.73. The van der Waals surface area contributed by atoms with Gasteiger partial charge in [-0.2, -0.15) is 0 Å². The van der Waals surface area contributed by atoms with E-state index in [9.17, 15) is 0 Å². The highest BCUT2D eigenvalue weighted by atomic mass is 14.9. The molecule has 1 aromatic heterocycles. The zero-order valence-electron chi connectivity index (χ0n) is 13.1. The number of aryl methyl sites for hydroxylation is 1. The minimum absolute atomic E-state index is 0.182. The minimum atomic E-state index is 0.182. The molecular formula is C18H26N2. The number of nitrogens with zero attached hydrogens (tertiary/aromatic N) is 1. The number of benzene rings is 1. The third kappa shape index (κ3) is 2.16. The van der Waals surface area contributed by atoms with Crippen molar-refractivity contribution in [2.24, 2.45) is 18.7 Å². The number of fused-ring (bicyclic) bond motifs is 1.